The van der Waals surface area contributed by atoms with E-state index >= 15 is 0 Å². The van der Waals surface area contributed by atoms with Crippen molar-refractivity contribution in [2.75, 3.05) is 19.8 Å². The lowest BCUT2D eigenvalue weighted by atomic mass is 10.0. The Morgan fingerprint density at radius 1 is 1.37 bits per heavy atom. The Balaban J connectivity index is 2.25. The van der Waals surface area contributed by atoms with Crippen molar-refractivity contribution in [3.8, 4) is 5.75 Å². The number of hydrogen-bond donors (Lipinski definition) is 2. The highest BCUT2D eigenvalue weighted by Crippen LogP contribution is 2.11. The molecule has 1 aromatic rings. The molecule has 1 unspecified atom stereocenters. The number of amides is 1. The molecule has 1 atom stereocenters. The summed E-state index contributed by atoms with van der Waals surface area (Å²) in [4.78, 5) is 11.6. The van der Waals surface area contributed by atoms with E-state index in [1.165, 1.54) is 0 Å². The lowest BCUT2D eigenvalue weighted by Crippen LogP contribution is -2.33. The van der Waals surface area contributed by atoms with Crippen LogP contribution in [-0.2, 0) is 4.79 Å². The number of carbonyl (C=O) groups excluding carboxylic acids is 1. The number of ether oxygens (including phenoxy) is 1. The Hall–Kier alpha value is -1.55. The van der Waals surface area contributed by atoms with Gasteiger partial charge in [0.15, 0.2) is 6.61 Å². The highest BCUT2D eigenvalue weighted by atomic mass is 16.5. The van der Waals surface area contributed by atoms with Crippen molar-refractivity contribution in [1.82, 2.24) is 5.32 Å². The molecular weight excluding hydrogens is 242 g/mol. The molecule has 2 N–H and O–H groups in total. The van der Waals surface area contributed by atoms with Crippen molar-refractivity contribution in [1.29, 1.82) is 0 Å². The molecule has 19 heavy (non-hydrogen) atoms. The zero-order valence-electron chi connectivity index (χ0n) is 11.7. The van der Waals surface area contributed by atoms with Gasteiger partial charge in [0, 0.05) is 13.2 Å². The SMILES string of the molecule is CCC(CCO)CNC(=O)COc1ccc(C)cc1. The number of benzene rings is 1. The second-order valence-electron chi connectivity index (χ2n) is 4.69. The summed E-state index contributed by atoms with van der Waals surface area (Å²) in [6.45, 7) is 4.83. The Morgan fingerprint density at radius 2 is 2.05 bits per heavy atom. The number of aryl methyl sites for hydroxylation is 1. The van der Waals surface area contributed by atoms with E-state index in [1.54, 1.807) is 0 Å². The van der Waals surface area contributed by atoms with Gasteiger partial charge >= 0.3 is 0 Å². The number of carbonyl (C=O) groups is 1. The summed E-state index contributed by atoms with van der Waals surface area (Å²) >= 11 is 0. The molecule has 0 radical (unpaired) electrons. The normalized spacial score (nSPS) is 11.9. The monoisotopic (exact) mass is 265 g/mol. The van der Waals surface area contributed by atoms with E-state index in [-0.39, 0.29) is 19.1 Å². The Bertz CT molecular complexity index is 375. The van der Waals surface area contributed by atoms with Gasteiger partial charge in [-0.15, -0.1) is 0 Å². The number of aliphatic hydroxyl groups is 1. The molecule has 0 fully saturated rings. The van der Waals surface area contributed by atoms with Crippen LogP contribution in [0.2, 0.25) is 0 Å². The summed E-state index contributed by atoms with van der Waals surface area (Å²) in [5.41, 5.74) is 1.16. The van der Waals surface area contributed by atoms with Gasteiger partial charge in [-0.3, -0.25) is 4.79 Å². The molecule has 4 heteroatoms. The minimum atomic E-state index is -0.128. The van der Waals surface area contributed by atoms with Crippen LogP contribution in [0.1, 0.15) is 25.3 Å². The lowest BCUT2D eigenvalue weighted by molar-refractivity contribution is -0.123. The third kappa shape index (κ3) is 6.25. The molecule has 0 saturated heterocycles. The molecule has 0 aliphatic rings. The molecule has 106 valence electrons. The number of hydrogen-bond acceptors (Lipinski definition) is 3. The predicted octanol–water partition coefficient (Wildman–Crippen LogP) is 1.90. The Kier molecular flexibility index (Phi) is 6.97. The van der Waals surface area contributed by atoms with Crippen LogP contribution in [0.4, 0.5) is 0 Å². The zero-order valence-corrected chi connectivity index (χ0v) is 11.7. The van der Waals surface area contributed by atoms with E-state index in [4.69, 9.17) is 9.84 Å². The van der Waals surface area contributed by atoms with Gasteiger partial charge in [-0.25, -0.2) is 0 Å². The van der Waals surface area contributed by atoms with Gasteiger partial charge in [-0.1, -0.05) is 31.0 Å². The summed E-state index contributed by atoms with van der Waals surface area (Å²) in [5.74, 6) is 0.897. The molecule has 0 aliphatic heterocycles. The van der Waals surface area contributed by atoms with Crippen molar-refractivity contribution in [2.45, 2.75) is 26.7 Å². The fourth-order valence-corrected chi connectivity index (χ4v) is 1.73. The maximum absolute atomic E-state index is 11.6. The van der Waals surface area contributed by atoms with E-state index in [0.717, 1.165) is 18.4 Å². The smallest absolute Gasteiger partial charge is 0.257 e. The lowest BCUT2D eigenvalue weighted by Gasteiger charge is -2.14. The molecule has 0 aliphatic carbocycles. The molecule has 1 amide bonds. The van der Waals surface area contributed by atoms with Crippen LogP contribution in [-0.4, -0.2) is 30.8 Å². The van der Waals surface area contributed by atoms with Crippen LogP contribution in [0.5, 0.6) is 5.75 Å². The molecule has 1 rings (SSSR count). The third-order valence-electron chi connectivity index (χ3n) is 3.09. The average Bonchev–Trinajstić information content (AvgIpc) is 2.42. The Morgan fingerprint density at radius 3 is 2.63 bits per heavy atom. The minimum absolute atomic E-state index is 0.0264. The first-order chi connectivity index (χ1) is 9.15. The first-order valence-corrected chi connectivity index (χ1v) is 6.72. The van der Waals surface area contributed by atoms with Crippen LogP contribution in [0.3, 0.4) is 0 Å². The van der Waals surface area contributed by atoms with E-state index in [9.17, 15) is 4.79 Å². The van der Waals surface area contributed by atoms with E-state index in [2.05, 4.69) is 12.2 Å². The van der Waals surface area contributed by atoms with Crippen molar-refractivity contribution in [2.24, 2.45) is 5.92 Å². The van der Waals surface area contributed by atoms with Gasteiger partial charge in [0.1, 0.15) is 5.75 Å². The highest BCUT2D eigenvalue weighted by Gasteiger charge is 2.08. The maximum Gasteiger partial charge on any atom is 0.257 e. The molecule has 0 spiro atoms. The maximum atomic E-state index is 11.6. The van der Waals surface area contributed by atoms with Crippen molar-refractivity contribution in [3.63, 3.8) is 0 Å². The number of aliphatic hydroxyl groups excluding tert-OH is 1. The van der Waals surface area contributed by atoms with Crippen LogP contribution in [0, 0.1) is 12.8 Å². The van der Waals surface area contributed by atoms with Gasteiger partial charge < -0.3 is 15.2 Å². The molecular formula is C15H23NO3. The summed E-state index contributed by atoms with van der Waals surface area (Å²) < 4.78 is 5.39. The summed E-state index contributed by atoms with van der Waals surface area (Å²) in [7, 11) is 0. The summed E-state index contributed by atoms with van der Waals surface area (Å²) in [6, 6.07) is 7.59. The fourth-order valence-electron chi connectivity index (χ4n) is 1.73. The number of nitrogens with one attached hydrogen (secondary N) is 1. The van der Waals surface area contributed by atoms with E-state index in [1.807, 2.05) is 31.2 Å². The predicted molar refractivity (Wildman–Crippen MR) is 75.2 cm³/mol. The van der Waals surface area contributed by atoms with Crippen LogP contribution >= 0.6 is 0 Å². The second-order valence-corrected chi connectivity index (χ2v) is 4.69. The summed E-state index contributed by atoms with van der Waals surface area (Å²) in [5, 5.41) is 11.7. The van der Waals surface area contributed by atoms with Crippen molar-refractivity contribution >= 4 is 5.91 Å². The third-order valence-corrected chi connectivity index (χ3v) is 3.09. The van der Waals surface area contributed by atoms with Gasteiger partial charge in [-0.2, -0.15) is 0 Å². The molecule has 0 heterocycles. The standard InChI is InChI=1S/C15H23NO3/c1-3-13(8-9-17)10-16-15(18)11-19-14-6-4-12(2)5-7-14/h4-7,13,17H,3,8-11H2,1-2H3,(H,16,18). The largest absolute Gasteiger partial charge is 0.484 e. The van der Waals surface area contributed by atoms with Gasteiger partial charge in [0.2, 0.25) is 0 Å². The zero-order chi connectivity index (χ0) is 14.1. The van der Waals surface area contributed by atoms with Crippen molar-refractivity contribution in [3.05, 3.63) is 29.8 Å². The van der Waals surface area contributed by atoms with Crippen LogP contribution < -0.4 is 10.1 Å². The molecule has 4 nitrogen and oxygen atoms in total. The first kappa shape index (κ1) is 15.5. The second kappa shape index (κ2) is 8.53. The Labute approximate surface area is 114 Å². The van der Waals surface area contributed by atoms with Crippen molar-refractivity contribution < 1.29 is 14.6 Å². The number of rotatable bonds is 8. The minimum Gasteiger partial charge on any atom is -0.484 e. The quantitative estimate of drug-likeness (QED) is 0.754. The first-order valence-electron chi connectivity index (χ1n) is 6.72. The highest BCUT2D eigenvalue weighted by molar-refractivity contribution is 5.77. The average molecular weight is 265 g/mol. The van der Waals surface area contributed by atoms with Crippen LogP contribution in [0.15, 0.2) is 24.3 Å². The molecule has 0 aromatic heterocycles. The van der Waals surface area contributed by atoms with E-state index in [0.29, 0.717) is 18.2 Å². The molecule has 0 saturated carbocycles. The molecule has 1 aromatic carbocycles. The molecule has 0 bridgehead atoms. The van der Waals surface area contributed by atoms with Crippen LogP contribution in [0.25, 0.3) is 0 Å². The summed E-state index contributed by atoms with van der Waals surface area (Å²) in [6.07, 6.45) is 1.66. The van der Waals surface area contributed by atoms with Gasteiger partial charge in [0.05, 0.1) is 0 Å². The van der Waals surface area contributed by atoms with E-state index < -0.39 is 0 Å². The topological polar surface area (TPSA) is 58.6 Å². The fraction of sp³-hybridized carbons (Fsp3) is 0.533. The van der Waals surface area contributed by atoms with Gasteiger partial charge in [0.25, 0.3) is 5.91 Å². The van der Waals surface area contributed by atoms with Gasteiger partial charge in [-0.05, 0) is 31.4 Å².